The van der Waals surface area contributed by atoms with Crippen LogP contribution in [0.4, 0.5) is 4.79 Å². The summed E-state index contributed by atoms with van der Waals surface area (Å²) in [4.78, 5) is 39.5. The van der Waals surface area contributed by atoms with Crippen molar-refractivity contribution in [1.82, 2.24) is 10.2 Å². The molecular formula is C21H20N2O4. The van der Waals surface area contributed by atoms with Gasteiger partial charge in [0.2, 0.25) is 0 Å². The van der Waals surface area contributed by atoms with Gasteiger partial charge < -0.3 is 10.1 Å². The molecule has 27 heavy (non-hydrogen) atoms. The first-order chi connectivity index (χ1) is 13.0. The molecule has 2 aromatic rings. The van der Waals surface area contributed by atoms with Gasteiger partial charge in [0.15, 0.2) is 5.78 Å². The van der Waals surface area contributed by atoms with Crippen LogP contribution in [0.3, 0.4) is 0 Å². The molecule has 1 atom stereocenters. The molecule has 1 aliphatic heterocycles. The summed E-state index contributed by atoms with van der Waals surface area (Å²) in [7, 11) is 1.52. The first-order valence-electron chi connectivity index (χ1n) is 8.95. The Kier molecular flexibility index (Phi) is 4.18. The lowest BCUT2D eigenvalue weighted by Crippen LogP contribution is -2.46. The number of rotatable bonds is 4. The second-order valence-electron chi connectivity index (χ2n) is 6.89. The van der Waals surface area contributed by atoms with Crippen molar-refractivity contribution in [1.29, 1.82) is 0 Å². The van der Waals surface area contributed by atoms with Crippen LogP contribution < -0.4 is 10.1 Å². The topological polar surface area (TPSA) is 75.7 Å². The van der Waals surface area contributed by atoms with E-state index < -0.39 is 11.6 Å². The van der Waals surface area contributed by atoms with Gasteiger partial charge in [-0.15, -0.1) is 0 Å². The lowest BCUT2D eigenvalue weighted by atomic mass is 9.76. The predicted octanol–water partition coefficient (Wildman–Crippen LogP) is 2.66. The van der Waals surface area contributed by atoms with E-state index in [9.17, 15) is 14.4 Å². The number of ether oxygens (including phenoxy) is 1. The SMILES string of the molecule is COc1cccc(C(=O)CN2C(=O)N[C@@]3(CCCc4ccccc43)C2=O)c1. The van der Waals surface area contributed by atoms with Gasteiger partial charge in [0.05, 0.1) is 13.7 Å². The number of ketones is 1. The fraction of sp³-hybridized carbons (Fsp3) is 0.286. The van der Waals surface area contributed by atoms with E-state index in [1.807, 2.05) is 24.3 Å². The molecule has 138 valence electrons. The second kappa shape index (κ2) is 6.54. The van der Waals surface area contributed by atoms with Crippen molar-refractivity contribution in [3.05, 3.63) is 65.2 Å². The Balaban J connectivity index is 1.62. The van der Waals surface area contributed by atoms with Gasteiger partial charge >= 0.3 is 6.03 Å². The molecule has 2 aliphatic rings. The minimum atomic E-state index is -1.05. The molecule has 1 fully saturated rings. The van der Waals surface area contributed by atoms with Crippen molar-refractivity contribution in [2.24, 2.45) is 0 Å². The van der Waals surface area contributed by atoms with Crippen LogP contribution in [0.15, 0.2) is 48.5 Å². The molecule has 1 N–H and O–H groups in total. The lowest BCUT2D eigenvalue weighted by Gasteiger charge is -2.33. The zero-order valence-electron chi connectivity index (χ0n) is 15.0. The van der Waals surface area contributed by atoms with Gasteiger partial charge in [0.1, 0.15) is 11.3 Å². The molecule has 1 aliphatic carbocycles. The summed E-state index contributed by atoms with van der Waals surface area (Å²) in [5.41, 5.74) is 1.25. The Morgan fingerprint density at radius 1 is 1.19 bits per heavy atom. The number of imide groups is 1. The van der Waals surface area contributed by atoms with Gasteiger partial charge in [-0.3, -0.25) is 14.5 Å². The second-order valence-corrected chi connectivity index (χ2v) is 6.89. The number of hydrogen-bond acceptors (Lipinski definition) is 4. The predicted molar refractivity (Wildman–Crippen MR) is 98.6 cm³/mol. The maximum absolute atomic E-state index is 13.2. The molecule has 3 amide bonds. The molecule has 1 saturated heterocycles. The molecular weight excluding hydrogens is 344 g/mol. The quantitative estimate of drug-likeness (QED) is 0.668. The monoisotopic (exact) mass is 364 g/mol. The van der Waals surface area contributed by atoms with Crippen LogP contribution in [-0.4, -0.2) is 36.3 Å². The highest BCUT2D eigenvalue weighted by Gasteiger charge is 2.54. The van der Waals surface area contributed by atoms with Crippen LogP contribution >= 0.6 is 0 Å². The number of benzene rings is 2. The molecule has 6 heteroatoms. The van der Waals surface area contributed by atoms with Gasteiger partial charge in [0, 0.05) is 5.56 Å². The molecule has 0 radical (unpaired) electrons. The fourth-order valence-corrected chi connectivity index (χ4v) is 3.99. The number of carbonyl (C=O) groups is 3. The number of amides is 3. The lowest BCUT2D eigenvalue weighted by molar-refractivity contribution is -0.131. The highest BCUT2D eigenvalue weighted by molar-refractivity contribution is 6.11. The molecule has 1 spiro atoms. The van der Waals surface area contributed by atoms with E-state index in [-0.39, 0.29) is 18.2 Å². The number of hydrogen-bond donors (Lipinski definition) is 1. The van der Waals surface area contributed by atoms with E-state index >= 15 is 0 Å². The van der Waals surface area contributed by atoms with Gasteiger partial charge in [-0.05, 0) is 42.5 Å². The maximum atomic E-state index is 13.2. The van der Waals surface area contributed by atoms with E-state index in [4.69, 9.17) is 4.74 Å². The summed E-state index contributed by atoms with van der Waals surface area (Å²) in [6, 6.07) is 13.8. The van der Waals surface area contributed by atoms with Crippen LogP contribution in [0, 0.1) is 0 Å². The van der Waals surface area contributed by atoms with E-state index in [2.05, 4.69) is 5.32 Å². The van der Waals surface area contributed by atoms with Crippen LogP contribution in [0.25, 0.3) is 0 Å². The van der Waals surface area contributed by atoms with Crippen molar-refractivity contribution in [3.63, 3.8) is 0 Å². The van der Waals surface area contributed by atoms with Crippen molar-refractivity contribution >= 4 is 17.7 Å². The summed E-state index contributed by atoms with van der Waals surface area (Å²) in [5, 5.41) is 2.87. The number of Topliss-reactive ketones (excluding diaryl/α,β-unsaturated/α-hetero) is 1. The van der Waals surface area contributed by atoms with E-state index in [0.717, 1.165) is 28.9 Å². The third-order valence-electron chi connectivity index (χ3n) is 5.34. The van der Waals surface area contributed by atoms with E-state index in [1.54, 1.807) is 24.3 Å². The fourth-order valence-electron chi connectivity index (χ4n) is 3.99. The Morgan fingerprint density at radius 2 is 2.00 bits per heavy atom. The van der Waals surface area contributed by atoms with Crippen LogP contribution in [0.5, 0.6) is 5.75 Å². The Morgan fingerprint density at radius 3 is 2.81 bits per heavy atom. The number of nitrogens with one attached hydrogen (secondary N) is 1. The molecule has 0 saturated carbocycles. The Hall–Kier alpha value is -3.15. The van der Waals surface area contributed by atoms with Crippen molar-refractivity contribution in [2.75, 3.05) is 13.7 Å². The minimum absolute atomic E-state index is 0.290. The Bertz CT molecular complexity index is 939. The van der Waals surface area contributed by atoms with Gasteiger partial charge in [-0.25, -0.2) is 4.79 Å². The highest BCUT2D eigenvalue weighted by atomic mass is 16.5. The van der Waals surface area contributed by atoms with Gasteiger partial charge in [-0.1, -0.05) is 36.4 Å². The van der Waals surface area contributed by atoms with Crippen molar-refractivity contribution < 1.29 is 19.1 Å². The summed E-state index contributed by atoms with van der Waals surface area (Å²) in [6.45, 7) is -0.290. The van der Waals surface area contributed by atoms with E-state index in [0.29, 0.717) is 17.7 Å². The van der Waals surface area contributed by atoms with Crippen LogP contribution in [-0.2, 0) is 16.8 Å². The molecule has 6 nitrogen and oxygen atoms in total. The van der Waals surface area contributed by atoms with Crippen molar-refractivity contribution in [3.8, 4) is 5.75 Å². The molecule has 0 unspecified atom stereocenters. The number of aryl methyl sites for hydroxylation is 1. The van der Waals surface area contributed by atoms with Gasteiger partial charge in [-0.2, -0.15) is 0 Å². The minimum Gasteiger partial charge on any atom is -0.497 e. The summed E-state index contributed by atoms with van der Waals surface area (Å²) >= 11 is 0. The molecule has 4 rings (SSSR count). The zero-order valence-corrected chi connectivity index (χ0v) is 15.0. The average molecular weight is 364 g/mol. The largest absolute Gasteiger partial charge is 0.497 e. The normalized spacial score (nSPS) is 21.1. The molecule has 0 bridgehead atoms. The summed E-state index contributed by atoms with van der Waals surface area (Å²) < 4.78 is 5.13. The smallest absolute Gasteiger partial charge is 0.325 e. The number of nitrogens with zero attached hydrogens (tertiary/aromatic N) is 1. The molecule has 1 heterocycles. The number of carbonyl (C=O) groups excluding carboxylic acids is 3. The van der Waals surface area contributed by atoms with Crippen LogP contribution in [0.1, 0.15) is 34.3 Å². The summed E-state index contributed by atoms with van der Waals surface area (Å²) in [5.74, 6) is -0.106. The summed E-state index contributed by atoms with van der Waals surface area (Å²) in [6.07, 6.45) is 2.23. The first-order valence-corrected chi connectivity index (χ1v) is 8.95. The molecule has 0 aromatic heterocycles. The van der Waals surface area contributed by atoms with Crippen LogP contribution in [0.2, 0.25) is 0 Å². The first kappa shape index (κ1) is 17.3. The average Bonchev–Trinajstić information content (AvgIpc) is 2.93. The highest BCUT2D eigenvalue weighted by Crippen LogP contribution is 2.39. The van der Waals surface area contributed by atoms with E-state index in [1.165, 1.54) is 7.11 Å². The standard InChI is InChI=1S/C21H20N2O4/c1-27-16-9-4-7-15(12-16)18(24)13-23-19(25)21(22-20(23)26)11-5-8-14-6-2-3-10-17(14)21/h2-4,6-7,9-10,12H,5,8,11,13H2,1H3,(H,22,26)/t21-/m1/s1. The molecule has 2 aromatic carbocycles. The third kappa shape index (κ3) is 2.77. The third-order valence-corrected chi connectivity index (χ3v) is 5.34. The van der Waals surface area contributed by atoms with Crippen molar-refractivity contribution in [2.45, 2.75) is 24.8 Å². The van der Waals surface area contributed by atoms with Gasteiger partial charge in [0.25, 0.3) is 5.91 Å². The maximum Gasteiger partial charge on any atom is 0.325 e. The number of fused-ring (bicyclic) bond motifs is 2. The Labute approximate surface area is 157 Å². The zero-order chi connectivity index (χ0) is 19.0. The number of methoxy groups -OCH3 is 1. The number of urea groups is 1.